The minimum atomic E-state index is -1.32. The molecule has 1 rings (SSSR count). The molecule has 0 unspecified atom stereocenters. The van der Waals surface area contributed by atoms with Gasteiger partial charge < -0.3 is 15.9 Å². The van der Waals surface area contributed by atoms with Gasteiger partial charge in [0.2, 0.25) is 0 Å². The maximum Gasteiger partial charge on any atom is 0.323 e. The monoisotopic (exact) mass is 215 g/mol. The van der Waals surface area contributed by atoms with Gasteiger partial charge in [0.25, 0.3) is 0 Å². The first-order valence-corrected chi connectivity index (χ1v) is 4.32. The predicted octanol–water partition coefficient (Wildman–Crippen LogP) is 0.785. The quantitative estimate of drug-likeness (QED) is 0.696. The van der Waals surface area contributed by atoms with Gasteiger partial charge >= 0.3 is 5.97 Å². The number of carbonyl (C=O) groups is 1. The standard InChI is InChI=1S/C9H10ClNO3/c10-6-3-1-5(2-4-6)8(12)7(11)9(13)14/h1-4,7-8,12H,11H2,(H,13,14)/t7-,8-/m1/s1. The number of nitrogens with two attached hydrogens (primary N) is 1. The zero-order valence-corrected chi connectivity index (χ0v) is 7.98. The van der Waals surface area contributed by atoms with Crippen molar-refractivity contribution in [3.63, 3.8) is 0 Å². The van der Waals surface area contributed by atoms with E-state index in [-0.39, 0.29) is 0 Å². The van der Waals surface area contributed by atoms with Crippen LogP contribution in [0.2, 0.25) is 5.02 Å². The lowest BCUT2D eigenvalue weighted by atomic mass is 10.0. The summed E-state index contributed by atoms with van der Waals surface area (Å²) in [4.78, 5) is 10.5. The van der Waals surface area contributed by atoms with Crippen molar-refractivity contribution in [2.24, 2.45) is 5.73 Å². The molecular formula is C9H10ClNO3. The van der Waals surface area contributed by atoms with Gasteiger partial charge in [0.1, 0.15) is 12.1 Å². The van der Waals surface area contributed by atoms with Crippen molar-refractivity contribution in [3.8, 4) is 0 Å². The molecule has 0 radical (unpaired) electrons. The molecule has 0 saturated carbocycles. The van der Waals surface area contributed by atoms with E-state index in [1.54, 1.807) is 12.1 Å². The maximum atomic E-state index is 10.5. The topological polar surface area (TPSA) is 83.6 Å². The summed E-state index contributed by atoms with van der Waals surface area (Å²) in [5, 5.41) is 18.6. The van der Waals surface area contributed by atoms with E-state index in [1.807, 2.05) is 0 Å². The van der Waals surface area contributed by atoms with E-state index in [2.05, 4.69) is 0 Å². The lowest BCUT2D eigenvalue weighted by Gasteiger charge is -2.14. The number of carboxylic acids is 1. The van der Waals surface area contributed by atoms with Crippen LogP contribution >= 0.6 is 11.6 Å². The van der Waals surface area contributed by atoms with Crippen LogP contribution in [-0.4, -0.2) is 22.2 Å². The van der Waals surface area contributed by atoms with Crippen molar-refractivity contribution in [1.29, 1.82) is 0 Å². The largest absolute Gasteiger partial charge is 0.480 e. The van der Waals surface area contributed by atoms with Crippen molar-refractivity contribution < 1.29 is 15.0 Å². The summed E-state index contributed by atoms with van der Waals surface area (Å²) in [5.74, 6) is -1.24. The van der Waals surface area contributed by atoms with Crippen molar-refractivity contribution >= 4 is 17.6 Å². The molecule has 14 heavy (non-hydrogen) atoms. The minimum absolute atomic E-state index is 0.435. The second-order valence-corrected chi connectivity index (χ2v) is 3.30. The third-order valence-electron chi connectivity index (χ3n) is 1.84. The van der Waals surface area contributed by atoms with Gasteiger partial charge in [-0.05, 0) is 17.7 Å². The Morgan fingerprint density at radius 1 is 1.36 bits per heavy atom. The van der Waals surface area contributed by atoms with Gasteiger partial charge in [-0.25, -0.2) is 0 Å². The normalized spacial score (nSPS) is 14.8. The van der Waals surface area contributed by atoms with Crippen LogP contribution in [0, 0.1) is 0 Å². The van der Waals surface area contributed by atoms with Crippen molar-refractivity contribution in [1.82, 2.24) is 0 Å². The Balaban J connectivity index is 2.84. The van der Waals surface area contributed by atoms with E-state index in [9.17, 15) is 9.90 Å². The lowest BCUT2D eigenvalue weighted by Crippen LogP contribution is -2.36. The highest BCUT2D eigenvalue weighted by Crippen LogP contribution is 2.18. The fourth-order valence-corrected chi connectivity index (χ4v) is 1.13. The van der Waals surface area contributed by atoms with Crippen molar-refractivity contribution in [2.45, 2.75) is 12.1 Å². The van der Waals surface area contributed by atoms with Gasteiger partial charge in [0, 0.05) is 5.02 Å². The number of halogens is 1. The Bertz CT molecular complexity index is 325. The molecular weight excluding hydrogens is 206 g/mol. The van der Waals surface area contributed by atoms with Crippen LogP contribution in [0.5, 0.6) is 0 Å². The van der Waals surface area contributed by atoms with Crippen LogP contribution in [0.15, 0.2) is 24.3 Å². The SMILES string of the molecule is N[C@@H](C(=O)O)[C@H](O)c1ccc(Cl)cc1. The number of aliphatic carboxylic acids is 1. The summed E-state index contributed by atoms with van der Waals surface area (Å²) in [7, 11) is 0. The fourth-order valence-electron chi connectivity index (χ4n) is 1.00. The molecule has 0 spiro atoms. The van der Waals surface area contributed by atoms with Crippen molar-refractivity contribution in [2.75, 3.05) is 0 Å². The zero-order chi connectivity index (χ0) is 10.7. The van der Waals surface area contributed by atoms with Gasteiger partial charge in [-0.1, -0.05) is 23.7 Å². The number of benzene rings is 1. The van der Waals surface area contributed by atoms with Crippen LogP contribution in [0.1, 0.15) is 11.7 Å². The van der Waals surface area contributed by atoms with Crippen LogP contribution < -0.4 is 5.73 Å². The minimum Gasteiger partial charge on any atom is -0.480 e. The molecule has 0 aromatic heterocycles. The summed E-state index contributed by atoms with van der Waals surface area (Å²) >= 11 is 5.63. The Morgan fingerprint density at radius 3 is 2.29 bits per heavy atom. The Labute approximate surface area is 85.9 Å². The first kappa shape index (κ1) is 11.0. The number of aliphatic hydroxyl groups is 1. The zero-order valence-electron chi connectivity index (χ0n) is 7.22. The second kappa shape index (κ2) is 4.41. The Kier molecular flexibility index (Phi) is 3.46. The summed E-state index contributed by atoms with van der Waals surface area (Å²) in [6, 6.07) is 4.88. The molecule has 0 fully saturated rings. The van der Waals surface area contributed by atoms with E-state index in [0.717, 1.165) is 0 Å². The second-order valence-electron chi connectivity index (χ2n) is 2.86. The number of hydrogen-bond acceptors (Lipinski definition) is 3. The Hall–Kier alpha value is -1.10. The summed E-state index contributed by atoms with van der Waals surface area (Å²) in [6.07, 6.45) is -1.22. The molecule has 0 aliphatic carbocycles. The average Bonchev–Trinajstić information content (AvgIpc) is 2.16. The van der Waals surface area contributed by atoms with Crippen molar-refractivity contribution in [3.05, 3.63) is 34.9 Å². The van der Waals surface area contributed by atoms with E-state index >= 15 is 0 Å². The molecule has 0 aliphatic rings. The summed E-state index contributed by atoms with van der Waals surface area (Å²) < 4.78 is 0. The number of aliphatic hydroxyl groups excluding tert-OH is 1. The number of carboxylic acid groups (broad SMARTS) is 1. The van der Waals surface area contributed by atoms with E-state index in [0.29, 0.717) is 10.6 Å². The first-order chi connectivity index (χ1) is 6.52. The third-order valence-corrected chi connectivity index (χ3v) is 2.09. The van der Waals surface area contributed by atoms with Crippen LogP contribution in [0.3, 0.4) is 0 Å². The van der Waals surface area contributed by atoms with Gasteiger partial charge in [0.05, 0.1) is 0 Å². The van der Waals surface area contributed by atoms with Gasteiger partial charge in [-0.3, -0.25) is 4.79 Å². The van der Waals surface area contributed by atoms with Crippen LogP contribution in [0.25, 0.3) is 0 Å². The van der Waals surface area contributed by atoms with Gasteiger partial charge in [0.15, 0.2) is 0 Å². The van der Waals surface area contributed by atoms with Crippen LogP contribution in [-0.2, 0) is 4.79 Å². The van der Waals surface area contributed by atoms with E-state index < -0.39 is 18.1 Å². The molecule has 0 bridgehead atoms. The number of hydrogen-bond donors (Lipinski definition) is 3. The molecule has 1 aromatic carbocycles. The molecule has 1 aromatic rings. The Morgan fingerprint density at radius 2 is 1.86 bits per heavy atom. The predicted molar refractivity (Wildman–Crippen MR) is 52.0 cm³/mol. The third kappa shape index (κ3) is 2.45. The summed E-state index contributed by atoms with van der Waals surface area (Å²) in [6.45, 7) is 0. The highest BCUT2D eigenvalue weighted by molar-refractivity contribution is 6.30. The molecule has 4 nitrogen and oxygen atoms in total. The van der Waals surface area contributed by atoms with E-state index in [1.165, 1.54) is 12.1 Å². The van der Waals surface area contributed by atoms with E-state index in [4.69, 9.17) is 22.4 Å². The highest BCUT2D eigenvalue weighted by atomic mass is 35.5. The van der Waals surface area contributed by atoms with Crippen LogP contribution in [0.4, 0.5) is 0 Å². The highest BCUT2D eigenvalue weighted by Gasteiger charge is 2.23. The fraction of sp³-hybridized carbons (Fsp3) is 0.222. The van der Waals surface area contributed by atoms with Gasteiger partial charge in [-0.2, -0.15) is 0 Å². The molecule has 0 saturated heterocycles. The first-order valence-electron chi connectivity index (χ1n) is 3.94. The summed E-state index contributed by atoms with van der Waals surface area (Å²) in [5.41, 5.74) is 5.68. The van der Waals surface area contributed by atoms with Gasteiger partial charge in [-0.15, -0.1) is 0 Å². The molecule has 2 atom stereocenters. The number of rotatable bonds is 3. The molecule has 76 valence electrons. The molecule has 0 aliphatic heterocycles. The molecule has 0 amide bonds. The molecule has 5 heteroatoms. The lowest BCUT2D eigenvalue weighted by molar-refractivity contribution is -0.141. The smallest absolute Gasteiger partial charge is 0.323 e. The molecule has 4 N–H and O–H groups in total. The maximum absolute atomic E-state index is 10.5. The molecule has 0 heterocycles. The average molecular weight is 216 g/mol.